The van der Waals surface area contributed by atoms with Gasteiger partial charge in [0.05, 0.1) is 12.6 Å². The van der Waals surface area contributed by atoms with E-state index < -0.39 is 0 Å². The van der Waals surface area contributed by atoms with Crippen LogP contribution in [0.15, 0.2) is 18.2 Å². The lowest BCUT2D eigenvalue weighted by atomic mass is 10.2. The Kier molecular flexibility index (Phi) is 3.05. The van der Waals surface area contributed by atoms with Gasteiger partial charge >= 0.3 is 0 Å². The maximum Gasteiger partial charge on any atom is 0.161 e. The summed E-state index contributed by atoms with van der Waals surface area (Å²) in [7, 11) is 0. The quantitative estimate of drug-likeness (QED) is 0.591. The SMILES string of the molecule is N#CCNCc1ccc2c(c1)OCCO2. The van der Waals surface area contributed by atoms with Crippen molar-refractivity contribution in [2.24, 2.45) is 0 Å². The van der Waals surface area contributed by atoms with Crippen molar-refractivity contribution in [3.63, 3.8) is 0 Å². The molecule has 0 aromatic heterocycles. The van der Waals surface area contributed by atoms with E-state index in [9.17, 15) is 0 Å². The third kappa shape index (κ3) is 2.39. The Labute approximate surface area is 88.4 Å². The standard InChI is InChI=1S/C11H12N2O2/c12-3-4-13-8-9-1-2-10-11(7-9)15-6-5-14-10/h1-2,7,13H,4-6,8H2. The molecule has 0 amide bonds. The molecule has 0 fully saturated rings. The maximum atomic E-state index is 8.38. The van der Waals surface area contributed by atoms with E-state index in [2.05, 4.69) is 5.32 Å². The monoisotopic (exact) mass is 204 g/mol. The van der Waals surface area contributed by atoms with Crippen LogP contribution in [-0.2, 0) is 6.54 Å². The van der Waals surface area contributed by atoms with Crippen molar-refractivity contribution in [1.29, 1.82) is 5.26 Å². The first-order chi connectivity index (χ1) is 7.40. The lowest BCUT2D eigenvalue weighted by molar-refractivity contribution is 0.171. The summed E-state index contributed by atoms with van der Waals surface area (Å²) in [5.74, 6) is 1.59. The van der Waals surface area contributed by atoms with Gasteiger partial charge in [-0.2, -0.15) is 5.26 Å². The van der Waals surface area contributed by atoms with Crippen molar-refractivity contribution in [3.8, 4) is 17.6 Å². The normalized spacial score (nSPS) is 13.3. The van der Waals surface area contributed by atoms with Crippen molar-refractivity contribution in [2.75, 3.05) is 19.8 Å². The molecule has 0 atom stereocenters. The fourth-order valence-electron chi connectivity index (χ4n) is 1.46. The molecule has 0 unspecified atom stereocenters. The number of rotatable bonds is 3. The Bertz CT molecular complexity index is 385. The zero-order valence-electron chi connectivity index (χ0n) is 8.32. The van der Waals surface area contributed by atoms with Gasteiger partial charge in [0.1, 0.15) is 13.2 Å². The molecule has 78 valence electrons. The lowest BCUT2D eigenvalue weighted by Gasteiger charge is -2.18. The Balaban J connectivity index is 2.04. The van der Waals surface area contributed by atoms with Gasteiger partial charge in [-0.1, -0.05) is 6.07 Å². The second kappa shape index (κ2) is 4.67. The number of hydrogen-bond donors (Lipinski definition) is 1. The third-order valence-electron chi connectivity index (χ3n) is 2.14. The highest BCUT2D eigenvalue weighted by Crippen LogP contribution is 2.30. The molecule has 1 aliphatic rings. The molecule has 2 rings (SSSR count). The van der Waals surface area contributed by atoms with Crippen molar-refractivity contribution < 1.29 is 9.47 Å². The highest BCUT2D eigenvalue weighted by Gasteiger charge is 2.11. The summed E-state index contributed by atoms with van der Waals surface area (Å²) in [4.78, 5) is 0. The van der Waals surface area contributed by atoms with Gasteiger partial charge < -0.3 is 14.8 Å². The molecule has 1 heterocycles. The largest absolute Gasteiger partial charge is 0.486 e. The summed E-state index contributed by atoms with van der Waals surface area (Å²) in [5, 5.41) is 11.4. The van der Waals surface area contributed by atoms with Crippen LogP contribution in [0.3, 0.4) is 0 Å². The molecule has 0 saturated carbocycles. The number of nitriles is 1. The van der Waals surface area contributed by atoms with E-state index in [4.69, 9.17) is 14.7 Å². The molecule has 0 saturated heterocycles. The fourth-order valence-corrected chi connectivity index (χ4v) is 1.46. The van der Waals surface area contributed by atoms with E-state index in [1.807, 2.05) is 24.3 Å². The van der Waals surface area contributed by atoms with Crippen LogP contribution in [0.1, 0.15) is 5.56 Å². The van der Waals surface area contributed by atoms with Crippen LogP contribution >= 0.6 is 0 Å². The van der Waals surface area contributed by atoms with Crippen LogP contribution in [-0.4, -0.2) is 19.8 Å². The molecular formula is C11H12N2O2. The number of fused-ring (bicyclic) bond motifs is 1. The number of nitrogens with one attached hydrogen (secondary N) is 1. The molecule has 4 heteroatoms. The fraction of sp³-hybridized carbons (Fsp3) is 0.364. The summed E-state index contributed by atoms with van der Waals surface area (Å²) < 4.78 is 10.9. The predicted octanol–water partition coefficient (Wildman–Crippen LogP) is 1.07. The average molecular weight is 204 g/mol. The smallest absolute Gasteiger partial charge is 0.161 e. The zero-order valence-corrected chi connectivity index (χ0v) is 8.32. The van der Waals surface area contributed by atoms with Gasteiger partial charge in [-0.15, -0.1) is 0 Å². The minimum atomic E-state index is 0.356. The third-order valence-corrected chi connectivity index (χ3v) is 2.14. The van der Waals surface area contributed by atoms with Gasteiger partial charge in [0.15, 0.2) is 11.5 Å². The molecule has 4 nitrogen and oxygen atoms in total. The molecule has 1 aromatic carbocycles. The van der Waals surface area contributed by atoms with E-state index in [1.165, 1.54) is 0 Å². The van der Waals surface area contributed by atoms with Crippen LogP contribution < -0.4 is 14.8 Å². The number of benzene rings is 1. The van der Waals surface area contributed by atoms with E-state index in [0.29, 0.717) is 26.3 Å². The Morgan fingerprint density at radius 1 is 1.27 bits per heavy atom. The summed E-state index contributed by atoms with van der Waals surface area (Å²) in [5.41, 5.74) is 1.09. The van der Waals surface area contributed by atoms with E-state index in [0.717, 1.165) is 17.1 Å². The molecular weight excluding hydrogens is 192 g/mol. The predicted molar refractivity (Wildman–Crippen MR) is 54.8 cm³/mol. The lowest BCUT2D eigenvalue weighted by Crippen LogP contribution is -2.16. The topological polar surface area (TPSA) is 54.3 Å². The Hall–Kier alpha value is -1.73. The van der Waals surface area contributed by atoms with Crippen molar-refractivity contribution in [2.45, 2.75) is 6.54 Å². The average Bonchev–Trinajstić information content (AvgIpc) is 2.29. The van der Waals surface area contributed by atoms with E-state index in [1.54, 1.807) is 0 Å². The molecule has 1 aliphatic heterocycles. The van der Waals surface area contributed by atoms with Crippen LogP contribution in [0, 0.1) is 11.3 Å². The van der Waals surface area contributed by atoms with Gasteiger partial charge in [-0.3, -0.25) is 0 Å². The zero-order chi connectivity index (χ0) is 10.5. The number of nitrogens with zero attached hydrogens (tertiary/aromatic N) is 1. The number of hydrogen-bond acceptors (Lipinski definition) is 4. The molecule has 1 aromatic rings. The second-order valence-electron chi connectivity index (χ2n) is 3.24. The summed E-state index contributed by atoms with van der Waals surface area (Å²) >= 11 is 0. The Morgan fingerprint density at radius 2 is 2.07 bits per heavy atom. The molecule has 0 aliphatic carbocycles. The highest BCUT2D eigenvalue weighted by atomic mass is 16.6. The van der Waals surface area contributed by atoms with Gasteiger partial charge in [0.2, 0.25) is 0 Å². The van der Waals surface area contributed by atoms with Crippen LogP contribution in [0.2, 0.25) is 0 Å². The van der Waals surface area contributed by atoms with Crippen LogP contribution in [0.5, 0.6) is 11.5 Å². The number of ether oxygens (including phenoxy) is 2. The molecule has 0 spiro atoms. The van der Waals surface area contributed by atoms with Crippen LogP contribution in [0.25, 0.3) is 0 Å². The van der Waals surface area contributed by atoms with Crippen LogP contribution in [0.4, 0.5) is 0 Å². The van der Waals surface area contributed by atoms with Gasteiger partial charge in [-0.25, -0.2) is 0 Å². The summed E-state index contributed by atoms with van der Waals surface area (Å²) in [6, 6.07) is 7.85. The van der Waals surface area contributed by atoms with Crippen molar-refractivity contribution in [1.82, 2.24) is 5.32 Å². The maximum absolute atomic E-state index is 8.38. The minimum absolute atomic E-state index is 0.356. The highest BCUT2D eigenvalue weighted by molar-refractivity contribution is 5.43. The molecule has 1 N–H and O–H groups in total. The van der Waals surface area contributed by atoms with E-state index in [-0.39, 0.29) is 0 Å². The van der Waals surface area contributed by atoms with E-state index >= 15 is 0 Å². The van der Waals surface area contributed by atoms with Crippen molar-refractivity contribution >= 4 is 0 Å². The first-order valence-corrected chi connectivity index (χ1v) is 4.86. The summed E-state index contributed by atoms with van der Waals surface area (Å²) in [6.07, 6.45) is 0. The minimum Gasteiger partial charge on any atom is -0.486 e. The second-order valence-corrected chi connectivity index (χ2v) is 3.24. The van der Waals surface area contributed by atoms with Gasteiger partial charge in [0.25, 0.3) is 0 Å². The molecule has 0 bridgehead atoms. The molecule has 15 heavy (non-hydrogen) atoms. The first-order valence-electron chi connectivity index (χ1n) is 4.86. The van der Waals surface area contributed by atoms with Crippen molar-refractivity contribution in [3.05, 3.63) is 23.8 Å². The van der Waals surface area contributed by atoms with Gasteiger partial charge in [-0.05, 0) is 17.7 Å². The van der Waals surface area contributed by atoms with Gasteiger partial charge in [0, 0.05) is 6.54 Å². The first kappa shape index (κ1) is 9.81. The Morgan fingerprint density at radius 3 is 2.87 bits per heavy atom. The summed E-state index contributed by atoms with van der Waals surface area (Å²) in [6.45, 7) is 2.24. The molecule has 0 radical (unpaired) electrons.